The Bertz CT molecular complexity index is 751. The summed E-state index contributed by atoms with van der Waals surface area (Å²) in [6.07, 6.45) is 4.85. The van der Waals surface area contributed by atoms with Gasteiger partial charge in [-0.15, -0.1) is 0 Å². The molecule has 0 spiro atoms. The summed E-state index contributed by atoms with van der Waals surface area (Å²) in [5.41, 5.74) is 0.882. The van der Waals surface area contributed by atoms with E-state index in [4.69, 9.17) is 0 Å². The molecule has 1 fully saturated rings. The van der Waals surface area contributed by atoms with Crippen LogP contribution < -0.4 is 0 Å². The first-order chi connectivity index (χ1) is 11.6. The van der Waals surface area contributed by atoms with Crippen LogP contribution >= 0.6 is 0 Å². The molecular weight excluding hydrogens is 326 g/mol. The lowest BCUT2D eigenvalue weighted by Gasteiger charge is -2.33. The third-order valence-electron chi connectivity index (χ3n) is 4.04. The molecule has 1 saturated heterocycles. The molecule has 0 radical (unpaired) electrons. The molecule has 0 saturated carbocycles. The molecule has 1 aliphatic heterocycles. The summed E-state index contributed by atoms with van der Waals surface area (Å²) >= 11 is 0. The number of sulfonamides is 1. The molecular formula is C16H21N5O2S. The molecule has 1 aromatic carbocycles. The Morgan fingerprint density at radius 2 is 1.79 bits per heavy atom. The summed E-state index contributed by atoms with van der Waals surface area (Å²) in [4.78, 5) is 6.16. The summed E-state index contributed by atoms with van der Waals surface area (Å²) in [7, 11) is -3.36. The minimum Gasteiger partial charge on any atom is -0.299 e. The number of hydrogen-bond acceptors (Lipinski definition) is 5. The fraction of sp³-hybridized carbons (Fsp3) is 0.375. The van der Waals surface area contributed by atoms with E-state index in [9.17, 15) is 8.42 Å². The monoisotopic (exact) mass is 347 g/mol. The average molecular weight is 347 g/mol. The lowest BCUT2D eigenvalue weighted by atomic mass is 10.2. The molecule has 128 valence electrons. The summed E-state index contributed by atoms with van der Waals surface area (Å²) in [6, 6.07) is 9.45. The van der Waals surface area contributed by atoms with Crippen molar-refractivity contribution in [2.24, 2.45) is 0 Å². The van der Waals surface area contributed by atoms with E-state index in [-0.39, 0.29) is 0 Å². The number of hydrogen-bond donors (Lipinski definition) is 0. The Morgan fingerprint density at radius 3 is 2.46 bits per heavy atom. The zero-order valence-corrected chi connectivity index (χ0v) is 14.2. The van der Waals surface area contributed by atoms with Crippen molar-refractivity contribution in [1.82, 2.24) is 24.0 Å². The average Bonchev–Trinajstić information content (AvgIpc) is 3.13. The SMILES string of the molecule is O=S(=O)(/C=C/c1ccccc1)N1CCN(CCn2cncn2)CC1. The zero-order valence-electron chi connectivity index (χ0n) is 13.4. The van der Waals surface area contributed by atoms with E-state index in [1.807, 2.05) is 30.3 Å². The highest BCUT2D eigenvalue weighted by Crippen LogP contribution is 2.11. The quantitative estimate of drug-likeness (QED) is 0.776. The van der Waals surface area contributed by atoms with Gasteiger partial charge in [0.25, 0.3) is 0 Å². The van der Waals surface area contributed by atoms with Gasteiger partial charge >= 0.3 is 0 Å². The Hall–Kier alpha value is -2.03. The molecule has 24 heavy (non-hydrogen) atoms. The summed E-state index contributed by atoms with van der Waals surface area (Å²) in [5.74, 6) is 0. The molecule has 1 aliphatic rings. The smallest absolute Gasteiger partial charge is 0.236 e. The van der Waals surface area contributed by atoms with Gasteiger partial charge in [-0.05, 0) is 11.6 Å². The number of nitrogens with zero attached hydrogens (tertiary/aromatic N) is 5. The van der Waals surface area contributed by atoms with E-state index >= 15 is 0 Å². The molecule has 0 amide bonds. The van der Waals surface area contributed by atoms with Gasteiger partial charge in [0.05, 0.1) is 6.54 Å². The predicted molar refractivity (Wildman–Crippen MR) is 92.4 cm³/mol. The van der Waals surface area contributed by atoms with E-state index in [0.29, 0.717) is 13.1 Å². The second-order valence-electron chi connectivity index (χ2n) is 5.66. The maximum atomic E-state index is 12.4. The molecule has 2 heterocycles. The minimum atomic E-state index is -3.36. The predicted octanol–water partition coefficient (Wildman–Crippen LogP) is 0.896. The van der Waals surface area contributed by atoms with Crippen molar-refractivity contribution in [2.45, 2.75) is 6.54 Å². The fourth-order valence-corrected chi connectivity index (χ4v) is 3.79. The second kappa shape index (κ2) is 7.69. The minimum absolute atomic E-state index is 0.513. The normalized spacial score (nSPS) is 17.5. The van der Waals surface area contributed by atoms with Crippen LogP contribution in [-0.2, 0) is 16.6 Å². The van der Waals surface area contributed by atoms with Crippen LogP contribution in [0.5, 0.6) is 0 Å². The third kappa shape index (κ3) is 4.50. The lowest BCUT2D eigenvalue weighted by Crippen LogP contribution is -2.48. The lowest BCUT2D eigenvalue weighted by molar-refractivity contribution is 0.182. The van der Waals surface area contributed by atoms with Crippen molar-refractivity contribution >= 4 is 16.1 Å². The fourth-order valence-electron chi connectivity index (χ4n) is 2.61. The van der Waals surface area contributed by atoms with Gasteiger partial charge in [0.1, 0.15) is 12.7 Å². The van der Waals surface area contributed by atoms with Gasteiger partial charge < -0.3 is 0 Å². The summed E-state index contributed by atoms with van der Waals surface area (Å²) in [5, 5.41) is 5.37. The van der Waals surface area contributed by atoms with Gasteiger partial charge in [0, 0.05) is 38.1 Å². The van der Waals surface area contributed by atoms with Crippen molar-refractivity contribution < 1.29 is 8.42 Å². The maximum Gasteiger partial charge on any atom is 0.236 e. The van der Waals surface area contributed by atoms with Crippen molar-refractivity contribution in [3.8, 4) is 0 Å². The van der Waals surface area contributed by atoms with Crippen LogP contribution in [0.1, 0.15) is 5.56 Å². The van der Waals surface area contributed by atoms with Gasteiger partial charge in [0.2, 0.25) is 10.0 Å². The van der Waals surface area contributed by atoms with Gasteiger partial charge in [-0.2, -0.15) is 9.40 Å². The molecule has 2 aromatic rings. The molecule has 3 rings (SSSR count). The van der Waals surface area contributed by atoms with E-state index in [1.54, 1.807) is 21.4 Å². The highest BCUT2D eigenvalue weighted by Gasteiger charge is 2.24. The summed E-state index contributed by atoms with van der Waals surface area (Å²) < 4.78 is 28.1. The number of aromatic nitrogens is 3. The third-order valence-corrected chi connectivity index (χ3v) is 5.60. The van der Waals surface area contributed by atoms with Crippen LogP contribution in [0, 0.1) is 0 Å². The molecule has 7 nitrogen and oxygen atoms in total. The first kappa shape index (κ1) is 16.8. The van der Waals surface area contributed by atoms with Crippen molar-refractivity contribution in [3.63, 3.8) is 0 Å². The highest BCUT2D eigenvalue weighted by atomic mass is 32.2. The molecule has 0 atom stereocenters. The molecule has 0 aliphatic carbocycles. The Kier molecular flexibility index (Phi) is 5.39. The molecule has 0 unspecified atom stereocenters. The molecule has 1 aromatic heterocycles. The van der Waals surface area contributed by atoms with Crippen LogP contribution in [0.3, 0.4) is 0 Å². The maximum absolute atomic E-state index is 12.4. The van der Waals surface area contributed by atoms with Gasteiger partial charge in [0.15, 0.2) is 0 Å². The molecule has 0 N–H and O–H groups in total. The largest absolute Gasteiger partial charge is 0.299 e. The Balaban J connectivity index is 1.50. The van der Waals surface area contributed by atoms with Crippen LogP contribution in [0.4, 0.5) is 0 Å². The molecule has 0 bridgehead atoms. The first-order valence-electron chi connectivity index (χ1n) is 7.91. The summed E-state index contributed by atoms with van der Waals surface area (Å²) in [6.45, 7) is 4.09. The number of rotatable bonds is 6. The zero-order chi connectivity index (χ0) is 16.8. The van der Waals surface area contributed by atoms with Gasteiger partial charge in [-0.1, -0.05) is 30.3 Å². The number of piperazine rings is 1. The standard InChI is InChI=1S/C16H21N5O2S/c22-24(23,13-6-16-4-2-1-3-5-16)21-11-8-19(9-12-21)7-10-20-15-17-14-18-20/h1-6,13-15H,7-12H2/b13-6+. The first-order valence-corrected chi connectivity index (χ1v) is 9.42. The van der Waals surface area contributed by atoms with Crippen molar-refractivity contribution in [2.75, 3.05) is 32.7 Å². The van der Waals surface area contributed by atoms with Crippen molar-refractivity contribution in [1.29, 1.82) is 0 Å². The van der Waals surface area contributed by atoms with Crippen LogP contribution in [-0.4, -0.2) is 65.1 Å². The van der Waals surface area contributed by atoms with Crippen LogP contribution in [0.15, 0.2) is 48.4 Å². The van der Waals surface area contributed by atoms with E-state index in [1.165, 1.54) is 11.7 Å². The van der Waals surface area contributed by atoms with Gasteiger partial charge in [-0.3, -0.25) is 9.58 Å². The van der Waals surface area contributed by atoms with Crippen LogP contribution in [0.25, 0.3) is 6.08 Å². The topological polar surface area (TPSA) is 71.3 Å². The Labute approximate surface area is 142 Å². The van der Waals surface area contributed by atoms with Crippen molar-refractivity contribution in [3.05, 3.63) is 54.0 Å². The Morgan fingerprint density at radius 1 is 1.04 bits per heavy atom. The highest BCUT2D eigenvalue weighted by molar-refractivity contribution is 7.92. The van der Waals surface area contributed by atoms with Crippen LogP contribution in [0.2, 0.25) is 0 Å². The number of benzene rings is 1. The van der Waals surface area contributed by atoms with E-state index in [2.05, 4.69) is 15.0 Å². The second-order valence-corrected chi connectivity index (χ2v) is 7.48. The van der Waals surface area contributed by atoms with E-state index < -0.39 is 10.0 Å². The van der Waals surface area contributed by atoms with E-state index in [0.717, 1.165) is 31.7 Å². The van der Waals surface area contributed by atoms with Gasteiger partial charge in [-0.25, -0.2) is 13.4 Å². The molecule has 8 heteroatoms.